The average Bonchev–Trinajstić information content (AvgIpc) is 2.85. The lowest BCUT2D eigenvalue weighted by Gasteiger charge is -2.06. The molecule has 3 rings (SSSR count). The van der Waals surface area contributed by atoms with Crippen LogP contribution < -0.4 is 4.74 Å². The maximum absolute atomic E-state index is 9.98. The summed E-state index contributed by atoms with van der Waals surface area (Å²) in [7, 11) is 1.56. The first-order chi connectivity index (χ1) is 8.78. The minimum absolute atomic E-state index is 0.167. The lowest BCUT2D eigenvalue weighted by molar-refractivity contribution is 0.408. The number of H-pyrrole nitrogens is 1. The summed E-state index contributed by atoms with van der Waals surface area (Å²) < 4.78 is 5.05. The monoisotopic (exact) mass is 238 g/mol. The van der Waals surface area contributed by atoms with Gasteiger partial charge in [0.1, 0.15) is 11.5 Å². The Labute approximate surface area is 105 Å². The van der Waals surface area contributed by atoms with Crippen molar-refractivity contribution in [1.29, 1.82) is 0 Å². The van der Waals surface area contributed by atoms with Crippen LogP contribution in [0.4, 0.5) is 0 Å². The minimum atomic E-state index is 0.167. The van der Waals surface area contributed by atoms with Gasteiger partial charge < -0.3 is 14.8 Å². The van der Waals surface area contributed by atoms with Crippen molar-refractivity contribution in [3.8, 4) is 22.6 Å². The first-order valence-electron chi connectivity index (χ1n) is 5.64. The molecule has 0 amide bonds. The van der Waals surface area contributed by atoms with Gasteiger partial charge >= 0.3 is 0 Å². The van der Waals surface area contributed by atoms with Crippen LogP contribution in [0.3, 0.4) is 0 Å². The fraction of sp³-hybridized carbons (Fsp3) is 0.0667. The van der Waals surface area contributed by atoms with Crippen molar-refractivity contribution in [2.75, 3.05) is 7.11 Å². The number of benzene rings is 2. The van der Waals surface area contributed by atoms with Crippen molar-refractivity contribution in [2.24, 2.45) is 0 Å². The number of ether oxygens (including phenoxy) is 1. The zero-order chi connectivity index (χ0) is 12.5. The SMILES string of the molecule is COc1c[c]c(-c2ccc3cc[nH]c3c2)c(O)c1. The lowest BCUT2D eigenvalue weighted by atomic mass is 10.0. The van der Waals surface area contributed by atoms with Gasteiger partial charge in [0.15, 0.2) is 0 Å². The van der Waals surface area contributed by atoms with Gasteiger partial charge in [-0.15, -0.1) is 0 Å². The van der Waals surface area contributed by atoms with Crippen LogP contribution in [0.25, 0.3) is 22.0 Å². The molecule has 0 fully saturated rings. The van der Waals surface area contributed by atoms with Crippen LogP contribution in [0, 0.1) is 6.07 Å². The molecule has 0 aliphatic rings. The summed E-state index contributed by atoms with van der Waals surface area (Å²) in [5.41, 5.74) is 2.63. The summed E-state index contributed by atoms with van der Waals surface area (Å²) in [5.74, 6) is 0.762. The van der Waals surface area contributed by atoms with E-state index in [0.29, 0.717) is 11.3 Å². The van der Waals surface area contributed by atoms with E-state index in [4.69, 9.17) is 4.74 Å². The minimum Gasteiger partial charge on any atom is -0.507 e. The van der Waals surface area contributed by atoms with Crippen molar-refractivity contribution in [3.63, 3.8) is 0 Å². The van der Waals surface area contributed by atoms with Gasteiger partial charge in [-0.1, -0.05) is 12.1 Å². The highest BCUT2D eigenvalue weighted by Crippen LogP contribution is 2.33. The molecular formula is C15H12NO2. The largest absolute Gasteiger partial charge is 0.507 e. The number of nitrogens with one attached hydrogen (secondary N) is 1. The molecule has 2 aromatic carbocycles. The summed E-state index contributed by atoms with van der Waals surface area (Å²) in [4.78, 5) is 3.15. The maximum atomic E-state index is 9.98. The number of fused-ring (bicyclic) bond motifs is 1. The summed E-state index contributed by atoms with van der Waals surface area (Å²) in [5, 5.41) is 11.1. The van der Waals surface area contributed by atoms with Gasteiger partial charge in [-0.2, -0.15) is 0 Å². The second kappa shape index (κ2) is 4.11. The summed E-state index contributed by atoms with van der Waals surface area (Å²) in [6.45, 7) is 0. The van der Waals surface area contributed by atoms with Crippen LogP contribution in [-0.4, -0.2) is 17.2 Å². The fourth-order valence-corrected chi connectivity index (χ4v) is 2.02. The normalized spacial score (nSPS) is 10.7. The molecule has 3 heteroatoms. The lowest BCUT2D eigenvalue weighted by Crippen LogP contribution is -1.85. The van der Waals surface area contributed by atoms with E-state index < -0.39 is 0 Å². The van der Waals surface area contributed by atoms with E-state index >= 15 is 0 Å². The Morgan fingerprint density at radius 1 is 1.22 bits per heavy atom. The highest BCUT2D eigenvalue weighted by atomic mass is 16.5. The van der Waals surface area contributed by atoms with Crippen LogP contribution in [-0.2, 0) is 0 Å². The molecule has 0 aliphatic heterocycles. The van der Waals surface area contributed by atoms with Crippen LogP contribution in [0.2, 0.25) is 0 Å². The van der Waals surface area contributed by atoms with Gasteiger partial charge in [-0.25, -0.2) is 0 Å². The van der Waals surface area contributed by atoms with E-state index in [1.54, 1.807) is 19.2 Å². The molecular weight excluding hydrogens is 226 g/mol. The van der Waals surface area contributed by atoms with Gasteiger partial charge in [0.2, 0.25) is 0 Å². The Morgan fingerprint density at radius 3 is 2.89 bits per heavy atom. The molecule has 0 aliphatic carbocycles. The van der Waals surface area contributed by atoms with E-state index in [1.807, 2.05) is 30.5 Å². The molecule has 3 aromatic rings. The number of aromatic nitrogens is 1. The van der Waals surface area contributed by atoms with Gasteiger partial charge in [-0.05, 0) is 35.2 Å². The van der Waals surface area contributed by atoms with E-state index in [9.17, 15) is 5.11 Å². The first-order valence-corrected chi connectivity index (χ1v) is 5.64. The Kier molecular flexibility index (Phi) is 2.45. The van der Waals surface area contributed by atoms with Crippen molar-refractivity contribution in [3.05, 3.63) is 48.7 Å². The van der Waals surface area contributed by atoms with Gasteiger partial charge in [0, 0.05) is 23.3 Å². The van der Waals surface area contributed by atoms with Gasteiger partial charge in [0.05, 0.1) is 7.11 Å². The number of rotatable bonds is 2. The van der Waals surface area contributed by atoms with Crippen LogP contribution in [0.1, 0.15) is 0 Å². The molecule has 0 atom stereocenters. The number of hydrogen-bond donors (Lipinski definition) is 2. The van der Waals surface area contributed by atoms with Gasteiger partial charge in [-0.3, -0.25) is 0 Å². The van der Waals surface area contributed by atoms with E-state index in [-0.39, 0.29) is 5.75 Å². The third-order valence-corrected chi connectivity index (χ3v) is 2.97. The van der Waals surface area contributed by atoms with E-state index in [1.165, 1.54) is 0 Å². The third-order valence-electron chi connectivity index (χ3n) is 2.97. The number of methoxy groups -OCH3 is 1. The van der Waals surface area contributed by atoms with Crippen LogP contribution >= 0.6 is 0 Å². The first kappa shape index (κ1) is 10.7. The predicted molar refractivity (Wildman–Crippen MR) is 70.8 cm³/mol. The average molecular weight is 238 g/mol. The van der Waals surface area contributed by atoms with Crippen molar-refractivity contribution in [2.45, 2.75) is 0 Å². The number of phenols is 1. The quantitative estimate of drug-likeness (QED) is 0.719. The van der Waals surface area contributed by atoms with E-state index in [2.05, 4.69) is 11.1 Å². The highest BCUT2D eigenvalue weighted by molar-refractivity contribution is 5.85. The van der Waals surface area contributed by atoms with Crippen molar-refractivity contribution >= 4 is 10.9 Å². The van der Waals surface area contributed by atoms with Gasteiger partial charge in [0.25, 0.3) is 0 Å². The van der Waals surface area contributed by atoms with Crippen LogP contribution in [0.5, 0.6) is 11.5 Å². The number of aromatic amines is 1. The van der Waals surface area contributed by atoms with Crippen molar-refractivity contribution in [1.82, 2.24) is 4.98 Å². The fourth-order valence-electron chi connectivity index (χ4n) is 2.02. The van der Waals surface area contributed by atoms with E-state index in [0.717, 1.165) is 16.5 Å². The maximum Gasteiger partial charge on any atom is 0.127 e. The smallest absolute Gasteiger partial charge is 0.127 e. The molecule has 3 nitrogen and oxygen atoms in total. The number of phenolic OH excluding ortho intramolecular Hbond substituents is 1. The molecule has 18 heavy (non-hydrogen) atoms. The highest BCUT2D eigenvalue weighted by Gasteiger charge is 2.07. The van der Waals surface area contributed by atoms with Crippen molar-refractivity contribution < 1.29 is 9.84 Å². The third kappa shape index (κ3) is 1.70. The molecule has 0 saturated carbocycles. The summed E-state index contributed by atoms with van der Waals surface area (Å²) in [6.07, 6.45) is 1.89. The molecule has 0 spiro atoms. The summed E-state index contributed by atoms with van der Waals surface area (Å²) in [6, 6.07) is 14.3. The Balaban J connectivity index is 2.13. The Hall–Kier alpha value is -2.42. The molecule has 0 bridgehead atoms. The standard InChI is InChI=1S/C15H12NO2/c1-18-12-4-5-13(15(17)9-12)11-3-2-10-6-7-16-14(10)8-11/h2-4,6-9,16-17H,1H3. The molecule has 2 N–H and O–H groups in total. The zero-order valence-electron chi connectivity index (χ0n) is 9.90. The Bertz CT molecular complexity index is 701. The second-order valence-corrected chi connectivity index (χ2v) is 4.08. The molecule has 0 unspecified atom stereocenters. The number of aromatic hydroxyl groups is 1. The second-order valence-electron chi connectivity index (χ2n) is 4.08. The molecule has 1 heterocycles. The molecule has 1 aromatic heterocycles. The molecule has 89 valence electrons. The molecule has 1 radical (unpaired) electrons. The predicted octanol–water partition coefficient (Wildman–Crippen LogP) is 3.35. The Morgan fingerprint density at radius 2 is 2.11 bits per heavy atom. The molecule has 0 saturated heterocycles. The topological polar surface area (TPSA) is 45.2 Å². The number of hydrogen-bond acceptors (Lipinski definition) is 2. The zero-order valence-corrected chi connectivity index (χ0v) is 9.90. The van der Waals surface area contributed by atoms with Crippen LogP contribution in [0.15, 0.2) is 42.6 Å². The summed E-state index contributed by atoms with van der Waals surface area (Å²) >= 11 is 0.